The van der Waals surface area contributed by atoms with Gasteiger partial charge in [0, 0.05) is 18.7 Å². The van der Waals surface area contributed by atoms with E-state index < -0.39 is 11.9 Å². The van der Waals surface area contributed by atoms with Gasteiger partial charge in [-0.1, -0.05) is 6.92 Å². The molecule has 0 saturated carbocycles. The molecule has 0 fully saturated rings. The van der Waals surface area contributed by atoms with E-state index in [4.69, 9.17) is 4.74 Å². The van der Waals surface area contributed by atoms with E-state index in [2.05, 4.69) is 5.10 Å². The quantitative estimate of drug-likeness (QED) is 0.921. The number of hydrogen-bond donors (Lipinski definition) is 1. The first-order valence-electron chi connectivity index (χ1n) is 6.11. The fourth-order valence-corrected chi connectivity index (χ4v) is 1.99. The number of rotatable bonds is 4. The molecule has 1 aromatic carbocycles. The van der Waals surface area contributed by atoms with Crippen LogP contribution in [0.5, 0.6) is 5.75 Å². The van der Waals surface area contributed by atoms with E-state index in [0.717, 1.165) is 12.1 Å². The summed E-state index contributed by atoms with van der Waals surface area (Å²) in [6.07, 6.45) is -0.269. The minimum absolute atomic E-state index is 0.214. The SMILES string of the molecule is CCc1cc(C(O)c2ccc(OC)cc2F)n(C)n1. The molecule has 19 heavy (non-hydrogen) atoms. The summed E-state index contributed by atoms with van der Waals surface area (Å²) < 4.78 is 20.4. The van der Waals surface area contributed by atoms with E-state index in [-0.39, 0.29) is 5.56 Å². The second-order valence-corrected chi connectivity index (χ2v) is 4.33. The average molecular weight is 264 g/mol. The van der Waals surface area contributed by atoms with Gasteiger partial charge in [-0.2, -0.15) is 5.10 Å². The first-order valence-corrected chi connectivity index (χ1v) is 6.11. The molecule has 1 unspecified atom stereocenters. The van der Waals surface area contributed by atoms with Crippen molar-refractivity contribution in [3.05, 3.63) is 47.0 Å². The average Bonchev–Trinajstić information content (AvgIpc) is 2.79. The number of aromatic nitrogens is 2. The highest BCUT2D eigenvalue weighted by Crippen LogP contribution is 2.27. The summed E-state index contributed by atoms with van der Waals surface area (Å²) in [4.78, 5) is 0. The van der Waals surface area contributed by atoms with E-state index in [1.54, 1.807) is 23.9 Å². The van der Waals surface area contributed by atoms with Crippen molar-refractivity contribution in [2.45, 2.75) is 19.4 Å². The highest BCUT2D eigenvalue weighted by atomic mass is 19.1. The van der Waals surface area contributed by atoms with Crippen LogP contribution in [0.2, 0.25) is 0 Å². The summed E-state index contributed by atoms with van der Waals surface area (Å²) >= 11 is 0. The van der Waals surface area contributed by atoms with Gasteiger partial charge in [0.1, 0.15) is 17.7 Å². The topological polar surface area (TPSA) is 47.3 Å². The standard InChI is InChI=1S/C14H17FN2O2/c1-4-9-7-13(17(2)16-9)14(18)11-6-5-10(19-3)8-12(11)15/h5-8,14,18H,4H2,1-3H3. The van der Waals surface area contributed by atoms with Crippen LogP contribution in [0.3, 0.4) is 0 Å². The van der Waals surface area contributed by atoms with Gasteiger partial charge in [0.15, 0.2) is 0 Å². The Labute approximate surface area is 111 Å². The van der Waals surface area contributed by atoms with Gasteiger partial charge in [0.05, 0.1) is 18.5 Å². The lowest BCUT2D eigenvalue weighted by molar-refractivity contribution is 0.204. The zero-order valence-electron chi connectivity index (χ0n) is 11.2. The Bertz CT molecular complexity index is 581. The molecule has 1 aromatic heterocycles. The van der Waals surface area contributed by atoms with E-state index >= 15 is 0 Å². The second kappa shape index (κ2) is 5.40. The monoisotopic (exact) mass is 264 g/mol. The third-order valence-corrected chi connectivity index (χ3v) is 3.11. The van der Waals surface area contributed by atoms with Crippen molar-refractivity contribution in [2.75, 3.05) is 7.11 Å². The fourth-order valence-electron chi connectivity index (χ4n) is 1.99. The largest absolute Gasteiger partial charge is 0.497 e. The number of aryl methyl sites for hydroxylation is 2. The number of benzene rings is 1. The van der Waals surface area contributed by atoms with Crippen LogP contribution >= 0.6 is 0 Å². The van der Waals surface area contributed by atoms with Gasteiger partial charge < -0.3 is 9.84 Å². The first-order chi connectivity index (χ1) is 9.06. The lowest BCUT2D eigenvalue weighted by Crippen LogP contribution is -2.08. The Hall–Kier alpha value is -1.88. The summed E-state index contributed by atoms with van der Waals surface area (Å²) in [5.74, 6) is -0.0706. The molecule has 0 aliphatic carbocycles. The number of aliphatic hydroxyl groups is 1. The van der Waals surface area contributed by atoms with Crippen LogP contribution in [0.15, 0.2) is 24.3 Å². The lowest BCUT2D eigenvalue weighted by Gasteiger charge is -2.13. The molecule has 1 N–H and O–H groups in total. The molecular formula is C14H17FN2O2. The third-order valence-electron chi connectivity index (χ3n) is 3.11. The molecular weight excluding hydrogens is 247 g/mol. The maximum atomic E-state index is 13.9. The smallest absolute Gasteiger partial charge is 0.133 e. The van der Waals surface area contributed by atoms with Crippen molar-refractivity contribution in [1.82, 2.24) is 9.78 Å². The summed E-state index contributed by atoms with van der Waals surface area (Å²) in [5, 5.41) is 14.5. The van der Waals surface area contributed by atoms with Gasteiger partial charge in [0.25, 0.3) is 0 Å². The molecule has 0 aliphatic heterocycles. The molecule has 0 aliphatic rings. The van der Waals surface area contributed by atoms with Gasteiger partial charge in [-0.05, 0) is 24.6 Å². The molecule has 0 spiro atoms. The van der Waals surface area contributed by atoms with Crippen molar-refractivity contribution in [2.24, 2.45) is 7.05 Å². The van der Waals surface area contributed by atoms with E-state index in [1.807, 2.05) is 6.92 Å². The van der Waals surface area contributed by atoms with Crippen LogP contribution < -0.4 is 4.74 Å². The minimum atomic E-state index is -1.04. The Morgan fingerprint density at radius 1 is 1.42 bits per heavy atom. The zero-order chi connectivity index (χ0) is 14.0. The summed E-state index contributed by atoms with van der Waals surface area (Å²) in [5.41, 5.74) is 1.65. The van der Waals surface area contributed by atoms with E-state index in [1.165, 1.54) is 19.2 Å². The Kier molecular flexibility index (Phi) is 3.85. The number of hydrogen-bond acceptors (Lipinski definition) is 3. The molecule has 2 rings (SSSR count). The third kappa shape index (κ3) is 2.61. The highest BCUT2D eigenvalue weighted by molar-refractivity contribution is 5.34. The normalized spacial score (nSPS) is 12.5. The Morgan fingerprint density at radius 2 is 2.16 bits per heavy atom. The Balaban J connectivity index is 2.37. The summed E-state index contributed by atoms with van der Waals surface area (Å²) in [6.45, 7) is 1.98. The van der Waals surface area contributed by atoms with Gasteiger partial charge >= 0.3 is 0 Å². The highest BCUT2D eigenvalue weighted by Gasteiger charge is 2.19. The van der Waals surface area contributed by atoms with Crippen molar-refractivity contribution in [3.8, 4) is 5.75 Å². The summed E-state index contributed by atoms with van der Waals surface area (Å²) in [7, 11) is 3.21. The van der Waals surface area contributed by atoms with E-state index in [9.17, 15) is 9.50 Å². The van der Waals surface area contributed by atoms with Crippen molar-refractivity contribution in [3.63, 3.8) is 0 Å². The minimum Gasteiger partial charge on any atom is -0.497 e. The molecule has 2 aromatic rings. The lowest BCUT2D eigenvalue weighted by atomic mass is 10.1. The van der Waals surface area contributed by atoms with Crippen LogP contribution in [-0.4, -0.2) is 22.0 Å². The summed E-state index contributed by atoms with van der Waals surface area (Å²) in [6, 6.07) is 6.19. The van der Waals surface area contributed by atoms with Crippen LogP contribution in [0.1, 0.15) is 30.0 Å². The molecule has 4 nitrogen and oxygen atoms in total. The fraction of sp³-hybridized carbons (Fsp3) is 0.357. The van der Waals surface area contributed by atoms with Crippen molar-refractivity contribution in [1.29, 1.82) is 0 Å². The van der Waals surface area contributed by atoms with Crippen LogP contribution in [0.25, 0.3) is 0 Å². The predicted octanol–water partition coefficient (Wildman–Crippen LogP) is 2.21. The zero-order valence-corrected chi connectivity index (χ0v) is 11.2. The number of aliphatic hydroxyl groups excluding tert-OH is 1. The molecule has 1 atom stereocenters. The van der Waals surface area contributed by atoms with Crippen LogP contribution in [0, 0.1) is 5.82 Å². The first kappa shape index (κ1) is 13.5. The van der Waals surface area contributed by atoms with Crippen molar-refractivity contribution < 1.29 is 14.2 Å². The maximum absolute atomic E-state index is 13.9. The number of ether oxygens (including phenoxy) is 1. The molecule has 5 heteroatoms. The van der Waals surface area contributed by atoms with Crippen molar-refractivity contribution >= 4 is 0 Å². The predicted molar refractivity (Wildman–Crippen MR) is 69.6 cm³/mol. The maximum Gasteiger partial charge on any atom is 0.133 e. The Morgan fingerprint density at radius 3 is 2.68 bits per heavy atom. The van der Waals surface area contributed by atoms with Crippen LogP contribution in [0.4, 0.5) is 4.39 Å². The van der Waals surface area contributed by atoms with Gasteiger partial charge in [0.2, 0.25) is 0 Å². The van der Waals surface area contributed by atoms with Crippen LogP contribution in [-0.2, 0) is 13.5 Å². The van der Waals surface area contributed by atoms with Gasteiger partial charge in [-0.15, -0.1) is 0 Å². The molecule has 102 valence electrons. The second-order valence-electron chi connectivity index (χ2n) is 4.33. The molecule has 0 saturated heterocycles. The molecule has 0 bridgehead atoms. The molecule has 1 heterocycles. The number of methoxy groups -OCH3 is 1. The number of halogens is 1. The number of nitrogens with zero attached hydrogens (tertiary/aromatic N) is 2. The van der Waals surface area contributed by atoms with Gasteiger partial charge in [-0.25, -0.2) is 4.39 Å². The molecule has 0 amide bonds. The molecule has 0 radical (unpaired) electrons. The van der Waals surface area contributed by atoms with Gasteiger partial charge in [-0.3, -0.25) is 4.68 Å². The van der Waals surface area contributed by atoms with E-state index in [0.29, 0.717) is 11.4 Å².